The molecule has 6 nitrogen and oxygen atoms in total. The van der Waals surface area contributed by atoms with Crippen LogP contribution in [0, 0.1) is 5.92 Å². The lowest BCUT2D eigenvalue weighted by molar-refractivity contribution is -0.116. The van der Waals surface area contributed by atoms with Gasteiger partial charge in [-0.1, -0.05) is 37.0 Å². The van der Waals surface area contributed by atoms with E-state index in [4.69, 9.17) is 5.73 Å². The van der Waals surface area contributed by atoms with Crippen molar-refractivity contribution in [3.63, 3.8) is 0 Å². The van der Waals surface area contributed by atoms with Crippen LogP contribution in [0.3, 0.4) is 0 Å². The Bertz CT molecular complexity index is 944. The van der Waals surface area contributed by atoms with E-state index in [0.29, 0.717) is 24.2 Å². The maximum absolute atomic E-state index is 12.4. The van der Waals surface area contributed by atoms with Crippen LogP contribution in [0.1, 0.15) is 44.2 Å². The van der Waals surface area contributed by atoms with Gasteiger partial charge in [-0.05, 0) is 52.4 Å². The molecule has 2 aromatic heterocycles. The minimum atomic E-state index is -0.0697. The van der Waals surface area contributed by atoms with E-state index < -0.39 is 0 Å². The Morgan fingerprint density at radius 1 is 1.24 bits per heavy atom. The molecule has 1 amide bonds. The molecule has 2 heterocycles. The first-order valence-corrected chi connectivity index (χ1v) is 11.2. The molecule has 0 bridgehead atoms. The Morgan fingerprint density at radius 2 is 2.10 bits per heavy atom. The molecule has 0 unspecified atom stereocenters. The molecule has 4 rings (SSSR count). The van der Waals surface area contributed by atoms with E-state index in [9.17, 15) is 4.79 Å². The largest absolute Gasteiger partial charge is 0.397 e. The summed E-state index contributed by atoms with van der Waals surface area (Å²) in [5.74, 6) is 0.767. The zero-order valence-electron chi connectivity index (χ0n) is 16.5. The molecule has 1 aliphatic rings. The summed E-state index contributed by atoms with van der Waals surface area (Å²) < 4.78 is 1.91. The van der Waals surface area contributed by atoms with Crippen LogP contribution < -0.4 is 11.1 Å². The fraction of sp³-hybridized carbons (Fsp3) is 0.409. The first kappa shape index (κ1) is 19.6. The van der Waals surface area contributed by atoms with E-state index >= 15 is 0 Å². The Balaban J connectivity index is 1.28. The summed E-state index contributed by atoms with van der Waals surface area (Å²) in [5, 5.41) is 15.5. The maximum atomic E-state index is 12.4. The molecule has 1 aromatic carbocycles. The third-order valence-electron chi connectivity index (χ3n) is 5.62. The molecule has 0 aliphatic heterocycles. The van der Waals surface area contributed by atoms with Gasteiger partial charge in [0.2, 0.25) is 5.91 Å². The van der Waals surface area contributed by atoms with Crippen LogP contribution in [0.2, 0.25) is 0 Å². The molecule has 7 heteroatoms. The number of carbonyl (C=O) groups excluding carboxylic acids is 1. The highest BCUT2D eigenvalue weighted by molar-refractivity contribution is 7.08. The number of nitrogen functional groups attached to an aromatic ring is 1. The minimum absolute atomic E-state index is 0.0697. The zero-order chi connectivity index (χ0) is 20.1. The number of aryl methyl sites for hydroxylation is 2. The van der Waals surface area contributed by atoms with Crippen molar-refractivity contribution in [1.82, 2.24) is 15.0 Å². The molecule has 0 radical (unpaired) electrons. The van der Waals surface area contributed by atoms with Gasteiger partial charge in [0.15, 0.2) is 0 Å². The van der Waals surface area contributed by atoms with Gasteiger partial charge in [0, 0.05) is 25.6 Å². The molecule has 29 heavy (non-hydrogen) atoms. The maximum Gasteiger partial charge on any atom is 0.224 e. The fourth-order valence-corrected chi connectivity index (χ4v) is 4.57. The van der Waals surface area contributed by atoms with Crippen molar-refractivity contribution in [1.29, 1.82) is 0 Å². The number of nitrogens with zero attached hydrogens (tertiary/aromatic N) is 3. The third kappa shape index (κ3) is 5.23. The summed E-state index contributed by atoms with van der Waals surface area (Å²) in [6, 6.07) is 7.78. The molecule has 0 atom stereocenters. The van der Waals surface area contributed by atoms with E-state index in [-0.39, 0.29) is 5.91 Å². The molecular weight excluding hydrogens is 382 g/mol. The van der Waals surface area contributed by atoms with Gasteiger partial charge >= 0.3 is 0 Å². The number of hydrogen-bond acceptors (Lipinski definition) is 5. The van der Waals surface area contributed by atoms with Gasteiger partial charge in [-0.15, -0.1) is 5.10 Å². The second-order valence-corrected chi connectivity index (χ2v) is 8.55. The summed E-state index contributed by atoms with van der Waals surface area (Å²) in [7, 11) is 0. The third-order valence-corrected chi connectivity index (χ3v) is 6.30. The van der Waals surface area contributed by atoms with Gasteiger partial charge in [0.05, 0.1) is 17.1 Å². The highest BCUT2D eigenvalue weighted by Crippen LogP contribution is 2.29. The second-order valence-electron chi connectivity index (χ2n) is 7.77. The normalized spacial score (nSPS) is 14.3. The predicted octanol–water partition coefficient (Wildman–Crippen LogP) is 4.74. The molecular formula is C22H27N5OS. The van der Waals surface area contributed by atoms with E-state index in [2.05, 4.69) is 27.1 Å². The molecule has 3 N–H and O–H groups in total. The van der Waals surface area contributed by atoms with Crippen molar-refractivity contribution in [3.8, 4) is 11.1 Å². The molecule has 3 aromatic rings. The van der Waals surface area contributed by atoms with Gasteiger partial charge in [-0.3, -0.25) is 9.48 Å². The Morgan fingerprint density at radius 3 is 2.90 bits per heavy atom. The van der Waals surface area contributed by atoms with E-state index in [1.54, 1.807) is 11.3 Å². The number of aromatic nitrogens is 3. The Kier molecular flexibility index (Phi) is 6.24. The van der Waals surface area contributed by atoms with Crippen LogP contribution in [0.15, 0.2) is 41.2 Å². The van der Waals surface area contributed by atoms with Crippen molar-refractivity contribution in [2.24, 2.45) is 5.92 Å². The van der Waals surface area contributed by atoms with Crippen LogP contribution in [-0.4, -0.2) is 20.9 Å². The van der Waals surface area contributed by atoms with Gasteiger partial charge in [0.25, 0.3) is 0 Å². The number of hydrogen-bond donors (Lipinski definition) is 2. The highest BCUT2D eigenvalue weighted by atomic mass is 32.1. The summed E-state index contributed by atoms with van der Waals surface area (Å²) in [4.78, 5) is 12.4. The standard InChI is InChI=1S/C22H27N5OS/c23-20-7-5-17(18-10-12-29-15-18)13-21(20)24-22(28)8-6-19-14-27(26-25-19)11-9-16-3-1-2-4-16/h5,7,10,12-16H,1-4,6,8-9,11,23H2,(H,24,28). The van der Waals surface area contributed by atoms with Crippen molar-refractivity contribution in [2.45, 2.75) is 51.5 Å². The van der Waals surface area contributed by atoms with Crippen LogP contribution in [0.25, 0.3) is 11.1 Å². The molecule has 1 aliphatic carbocycles. The van der Waals surface area contributed by atoms with Crippen molar-refractivity contribution < 1.29 is 4.79 Å². The summed E-state index contributed by atoms with van der Waals surface area (Å²) in [6.45, 7) is 0.912. The number of carbonyl (C=O) groups is 1. The van der Waals surface area contributed by atoms with Gasteiger partial charge in [0.1, 0.15) is 0 Å². The predicted molar refractivity (Wildman–Crippen MR) is 118 cm³/mol. The zero-order valence-corrected chi connectivity index (χ0v) is 17.3. The summed E-state index contributed by atoms with van der Waals surface area (Å²) in [5.41, 5.74) is 10.3. The van der Waals surface area contributed by atoms with Gasteiger partial charge in [-0.2, -0.15) is 11.3 Å². The van der Waals surface area contributed by atoms with Crippen molar-refractivity contribution in [2.75, 3.05) is 11.1 Å². The number of thiophene rings is 1. The number of nitrogens with two attached hydrogens (primary N) is 1. The van der Waals surface area contributed by atoms with E-state index in [1.807, 2.05) is 34.5 Å². The van der Waals surface area contributed by atoms with Crippen LogP contribution in [-0.2, 0) is 17.8 Å². The molecule has 1 fully saturated rings. The lowest BCUT2D eigenvalue weighted by atomic mass is 10.0. The smallest absolute Gasteiger partial charge is 0.224 e. The molecule has 0 saturated heterocycles. The van der Waals surface area contributed by atoms with E-state index in [1.165, 1.54) is 32.1 Å². The molecule has 0 spiro atoms. The molecule has 1 saturated carbocycles. The fourth-order valence-electron chi connectivity index (χ4n) is 3.90. The van der Waals surface area contributed by atoms with Crippen LogP contribution >= 0.6 is 11.3 Å². The lowest BCUT2D eigenvalue weighted by Gasteiger charge is -2.10. The van der Waals surface area contributed by atoms with Gasteiger partial charge < -0.3 is 11.1 Å². The first-order chi connectivity index (χ1) is 14.2. The number of amides is 1. The average molecular weight is 410 g/mol. The lowest BCUT2D eigenvalue weighted by Crippen LogP contribution is -2.13. The topological polar surface area (TPSA) is 85.8 Å². The Labute approximate surface area is 175 Å². The number of rotatable bonds is 8. The van der Waals surface area contributed by atoms with Crippen molar-refractivity contribution >= 4 is 28.6 Å². The monoisotopic (exact) mass is 409 g/mol. The van der Waals surface area contributed by atoms with Crippen LogP contribution in [0.4, 0.5) is 11.4 Å². The minimum Gasteiger partial charge on any atom is -0.397 e. The van der Waals surface area contributed by atoms with Gasteiger partial charge in [-0.25, -0.2) is 0 Å². The highest BCUT2D eigenvalue weighted by Gasteiger charge is 2.15. The SMILES string of the molecule is Nc1ccc(-c2ccsc2)cc1NC(=O)CCc1cn(CCC2CCCC2)nn1. The summed E-state index contributed by atoms with van der Waals surface area (Å²) >= 11 is 1.64. The number of benzene rings is 1. The quantitative estimate of drug-likeness (QED) is 0.526. The Hall–Kier alpha value is -2.67. The second kappa shape index (κ2) is 9.22. The van der Waals surface area contributed by atoms with E-state index in [0.717, 1.165) is 29.3 Å². The average Bonchev–Trinajstić information content (AvgIpc) is 3.48. The number of nitrogens with one attached hydrogen (secondary N) is 1. The number of anilines is 2. The van der Waals surface area contributed by atoms with Crippen molar-refractivity contribution in [3.05, 3.63) is 46.9 Å². The van der Waals surface area contributed by atoms with Crippen LogP contribution in [0.5, 0.6) is 0 Å². The summed E-state index contributed by atoms with van der Waals surface area (Å²) in [6.07, 6.45) is 9.47. The first-order valence-electron chi connectivity index (χ1n) is 10.3. The molecule has 152 valence electrons.